The van der Waals surface area contributed by atoms with Crippen molar-refractivity contribution < 1.29 is 18.0 Å². The maximum absolute atomic E-state index is 14.2. The van der Waals surface area contributed by atoms with E-state index in [9.17, 15) is 18.0 Å². The number of amides is 2. The molecule has 2 aliphatic heterocycles. The first kappa shape index (κ1) is 21.4. The molecular weight excluding hydrogens is 436 g/mol. The largest absolute Gasteiger partial charge is 0.304 e. The summed E-state index contributed by atoms with van der Waals surface area (Å²) in [7, 11) is -4.17. The molecule has 0 unspecified atom stereocenters. The highest BCUT2D eigenvalue weighted by atomic mass is 32.2. The maximum Gasteiger partial charge on any atom is 0.274 e. The molecule has 2 amide bonds. The van der Waals surface area contributed by atoms with Gasteiger partial charge in [-0.25, -0.2) is 8.42 Å². The summed E-state index contributed by atoms with van der Waals surface area (Å²) in [5, 5.41) is 0. The van der Waals surface area contributed by atoms with Gasteiger partial charge in [0.1, 0.15) is 5.75 Å². The number of hydrogen-bond donors (Lipinski definition) is 0. The Morgan fingerprint density at radius 2 is 1.55 bits per heavy atom. The molecule has 7 heteroatoms. The molecule has 3 aromatic rings. The number of benzene rings is 3. The lowest BCUT2D eigenvalue weighted by Gasteiger charge is -2.33. The fourth-order valence-electron chi connectivity index (χ4n) is 4.87. The molecule has 0 radical (unpaired) electrons. The Labute approximate surface area is 193 Å². The number of carbonyl (C=O) groups excluding carboxylic acids is 2. The fourth-order valence-corrected chi connectivity index (χ4v) is 6.90. The van der Waals surface area contributed by atoms with Crippen LogP contribution in [-0.2, 0) is 30.8 Å². The quantitative estimate of drug-likeness (QED) is 0.596. The number of anilines is 2. The number of rotatable bonds is 3. The number of para-hydroxylation sites is 1. The number of hydrogen-bond acceptors (Lipinski definition) is 4. The van der Waals surface area contributed by atoms with E-state index < -0.39 is 32.3 Å². The molecular formula is C26H24N2O4S. The van der Waals surface area contributed by atoms with Gasteiger partial charge in [0.15, 0.2) is 9.84 Å². The minimum atomic E-state index is -4.17. The van der Waals surface area contributed by atoms with Crippen LogP contribution in [0.4, 0.5) is 11.4 Å². The lowest BCUT2D eigenvalue weighted by molar-refractivity contribution is -0.123. The zero-order valence-electron chi connectivity index (χ0n) is 18.7. The molecule has 2 aliphatic rings. The monoisotopic (exact) mass is 460 g/mol. The number of fused-ring (bicyclic) bond motifs is 2. The normalized spacial score (nSPS) is 21.2. The third-order valence-electron chi connectivity index (χ3n) is 6.76. The van der Waals surface area contributed by atoms with Gasteiger partial charge in [0, 0.05) is 11.3 Å². The van der Waals surface area contributed by atoms with Gasteiger partial charge >= 0.3 is 0 Å². The van der Waals surface area contributed by atoms with E-state index >= 15 is 0 Å². The second-order valence-corrected chi connectivity index (χ2v) is 10.8. The first-order chi connectivity index (χ1) is 15.7. The van der Waals surface area contributed by atoms with Crippen LogP contribution in [0.3, 0.4) is 0 Å². The fraction of sp³-hybridized carbons (Fsp3) is 0.231. The Bertz CT molecular complexity index is 1430. The van der Waals surface area contributed by atoms with Gasteiger partial charge < -0.3 is 4.90 Å². The van der Waals surface area contributed by atoms with Crippen LogP contribution in [0.5, 0.6) is 0 Å². The van der Waals surface area contributed by atoms with Crippen LogP contribution in [0.25, 0.3) is 0 Å². The van der Waals surface area contributed by atoms with Crippen LogP contribution in [0.1, 0.15) is 27.8 Å². The lowest BCUT2D eigenvalue weighted by atomic mass is 10.0. The smallest absolute Gasteiger partial charge is 0.274 e. The summed E-state index contributed by atoms with van der Waals surface area (Å²) in [6.07, 6.45) is 0. The first-order valence-electron chi connectivity index (χ1n) is 10.8. The summed E-state index contributed by atoms with van der Waals surface area (Å²) in [6, 6.07) is 19.9. The van der Waals surface area contributed by atoms with E-state index in [0.29, 0.717) is 16.9 Å². The van der Waals surface area contributed by atoms with Crippen LogP contribution in [0, 0.1) is 20.8 Å². The maximum atomic E-state index is 14.2. The molecule has 0 bridgehead atoms. The summed E-state index contributed by atoms with van der Waals surface area (Å²) in [5.74, 6) is -1.92. The summed E-state index contributed by atoms with van der Waals surface area (Å²) in [4.78, 5) is 27.9. The standard InChI is InChI=1S/C26H24N2O4S/c1-17-12-13-21(14-19(17)3)28-24(29)16-33(31,32)26(28)22-10-6-7-11-23(22)27(25(26)30)15-20-9-5-4-8-18(20)2/h4-14H,15-16H2,1-3H3/t26-/m1/s1. The molecule has 0 aliphatic carbocycles. The van der Waals surface area contributed by atoms with Crippen LogP contribution < -0.4 is 9.80 Å². The van der Waals surface area contributed by atoms with Crippen molar-refractivity contribution >= 4 is 33.0 Å². The molecule has 33 heavy (non-hydrogen) atoms. The molecule has 3 aromatic carbocycles. The van der Waals surface area contributed by atoms with Crippen LogP contribution in [-0.4, -0.2) is 26.0 Å². The highest BCUT2D eigenvalue weighted by Gasteiger charge is 2.69. The number of aryl methyl sites for hydroxylation is 3. The van der Waals surface area contributed by atoms with E-state index in [2.05, 4.69) is 0 Å². The average Bonchev–Trinajstić information content (AvgIpc) is 3.14. The van der Waals surface area contributed by atoms with Gasteiger partial charge in [-0.1, -0.05) is 48.5 Å². The van der Waals surface area contributed by atoms with Crippen LogP contribution >= 0.6 is 0 Å². The SMILES string of the molecule is Cc1ccc(N2C(=O)CS(=O)(=O)[C@]23C(=O)N(Cc2ccccc2C)c2ccccc23)cc1C. The van der Waals surface area contributed by atoms with Gasteiger partial charge in [0.25, 0.3) is 10.8 Å². The predicted molar refractivity (Wildman–Crippen MR) is 128 cm³/mol. The van der Waals surface area contributed by atoms with Crippen molar-refractivity contribution in [1.29, 1.82) is 0 Å². The Kier molecular flexibility index (Phi) is 4.72. The molecule has 0 N–H and O–H groups in total. The number of nitrogens with zero attached hydrogens (tertiary/aromatic N) is 2. The van der Waals surface area contributed by atoms with Crippen molar-refractivity contribution in [2.75, 3.05) is 15.6 Å². The Morgan fingerprint density at radius 3 is 2.27 bits per heavy atom. The summed E-state index contributed by atoms with van der Waals surface area (Å²) < 4.78 is 27.3. The van der Waals surface area contributed by atoms with Crippen molar-refractivity contribution in [1.82, 2.24) is 0 Å². The molecule has 2 heterocycles. The van der Waals surface area contributed by atoms with E-state index in [4.69, 9.17) is 0 Å². The lowest BCUT2D eigenvalue weighted by Crippen LogP contribution is -2.54. The van der Waals surface area contributed by atoms with Gasteiger partial charge in [-0.05, 0) is 61.2 Å². The van der Waals surface area contributed by atoms with Gasteiger partial charge in [-0.2, -0.15) is 0 Å². The van der Waals surface area contributed by atoms with Gasteiger partial charge in [-0.15, -0.1) is 0 Å². The second kappa shape index (κ2) is 7.28. The van der Waals surface area contributed by atoms with Gasteiger partial charge in [0.2, 0.25) is 5.91 Å². The molecule has 0 aromatic heterocycles. The van der Waals surface area contributed by atoms with E-state index in [1.165, 1.54) is 9.80 Å². The topological polar surface area (TPSA) is 74.8 Å². The minimum absolute atomic E-state index is 0.217. The molecule has 1 atom stereocenters. The molecule has 1 fully saturated rings. The van der Waals surface area contributed by atoms with E-state index in [1.807, 2.05) is 51.1 Å². The molecule has 5 rings (SSSR count). The highest BCUT2D eigenvalue weighted by Crippen LogP contribution is 2.52. The molecule has 6 nitrogen and oxygen atoms in total. The van der Waals surface area contributed by atoms with Crippen molar-refractivity contribution in [3.05, 3.63) is 94.5 Å². The van der Waals surface area contributed by atoms with Crippen molar-refractivity contribution in [3.63, 3.8) is 0 Å². The average molecular weight is 461 g/mol. The van der Waals surface area contributed by atoms with Crippen LogP contribution in [0.15, 0.2) is 66.7 Å². The summed E-state index contributed by atoms with van der Waals surface area (Å²) in [6.45, 7) is 6.01. The Hall–Kier alpha value is -3.45. The Balaban J connectivity index is 1.75. The minimum Gasteiger partial charge on any atom is -0.304 e. The van der Waals surface area contributed by atoms with Crippen molar-refractivity contribution in [2.45, 2.75) is 32.2 Å². The third-order valence-corrected chi connectivity index (χ3v) is 8.87. The Morgan fingerprint density at radius 1 is 0.848 bits per heavy atom. The third kappa shape index (κ3) is 2.88. The van der Waals surface area contributed by atoms with Crippen molar-refractivity contribution in [2.24, 2.45) is 0 Å². The predicted octanol–water partition coefficient (Wildman–Crippen LogP) is 3.77. The second-order valence-electron chi connectivity index (χ2n) is 8.74. The molecule has 1 saturated heterocycles. The summed E-state index contributed by atoms with van der Waals surface area (Å²) in [5.41, 5.74) is 5.09. The number of sulfone groups is 1. The molecule has 168 valence electrons. The number of carbonyl (C=O) groups is 2. The van der Waals surface area contributed by atoms with Gasteiger partial charge in [0.05, 0.1) is 12.2 Å². The van der Waals surface area contributed by atoms with Crippen molar-refractivity contribution in [3.8, 4) is 0 Å². The highest BCUT2D eigenvalue weighted by molar-refractivity contribution is 7.94. The van der Waals surface area contributed by atoms with E-state index in [1.54, 1.807) is 36.4 Å². The zero-order valence-corrected chi connectivity index (χ0v) is 19.5. The van der Waals surface area contributed by atoms with E-state index in [-0.39, 0.29) is 6.54 Å². The molecule has 1 spiro atoms. The molecule has 0 saturated carbocycles. The summed E-state index contributed by atoms with van der Waals surface area (Å²) >= 11 is 0. The van der Waals surface area contributed by atoms with Gasteiger partial charge in [-0.3, -0.25) is 14.5 Å². The van der Waals surface area contributed by atoms with E-state index in [0.717, 1.165) is 22.3 Å². The van der Waals surface area contributed by atoms with Crippen LogP contribution in [0.2, 0.25) is 0 Å². The first-order valence-corrected chi connectivity index (χ1v) is 12.4. The zero-order chi connectivity index (χ0) is 23.5.